The zero-order chi connectivity index (χ0) is 14.1. The molecule has 0 spiro atoms. The molecule has 0 amide bonds. The lowest BCUT2D eigenvalue weighted by atomic mass is 9.95. The first-order chi connectivity index (χ1) is 10.2. The van der Waals surface area contributed by atoms with Crippen molar-refractivity contribution in [2.45, 2.75) is 33.1 Å². The second-order valence-corrected chi connectivity index (χ2v) is 6.69. The number of fused-ring (bicyclic) bond motifs is 5. The van der Waals surface area contributed by atoms with Gasteiger partial charge in [0.15, 0.2) is 0 Å². The van der Waals surface area contributed by atoms with E-state index in [-0.39, 0.29) is 0 Å². The predicted octanol–water partition coefficient (Wildman–Crippen LogP) is 5.18. The Balaban J connectivity index is 1.75. The summed E-state index contributed by atoms with van der Waals surface area (Å²) in [4.78, 5) is 0. The molecule has 2 aromatic carbocycles. The van der Waals surface area contributed by atoms with E-state index < -0.39 is 0 Å². The Kier molecular flexibility index (Phi) is 2.07. The molecule has 0 unspecified atom stereocenters. The van der Waals surface area contributed by atoms with Crippen LogP contribution in [-0.4, -0.2) is 0 Å². The SMILES string of the molecule is CC1=CCc2cc3c(cc21)-c1cc2c(cc1C3)CC=C2C. The third-order valence-corrected chi connectivity index (χ3v) is 5.44. The number of hydrogen-bond acceptors (Lipinski definition) is 0. The highest BCUT2D eigenvalue weighted by molar-refractivity contribution is 5.86. The molecule has 102 valence electrons. The van der Waals surface area contributed by atoms with Gasteiger partial charge in [-0.15, -0.1) is 0 Å². The molecule has 0 heteroatoms. The molecule has 2 aromatic rings. The average Bonchev–Trinajstić information content (AvgIpc) is 3.12. The Hall–Kier alpha value is -2.08. The van der Waals surface area contributed by atoms with Crippen LogP contribution in [-0.2, 0) is 19.3 Å². The van der Waals surface area contributed by atoms with E-state index >= 15 is 0 Å². The molecule has 3 aliphatic carbocycles. The zero-order valence-corrected chi connectivity index (χ0v) is 12.6. The van der Waals surface area contributed by atoms with Gasteiger partial charge in [-0.1, -0.05) is 24.3 Å². The predicted molar refractivity (Wildman–Crippen MR) is 89.4 cm³/mol. The first kappa shape index (κ1) is 11.6. The van der Waals surface area contributed by atoms with E-state index in [9.17, 15) is 0 Å². The highest BCUT2D eigenvalue weighted by Gasteiger charge is 2.25. The maximum absolute atomic E-state index is 2.45. The quantitative estimate of drug-likeness (QED) is 0.528. The number of benzene rings is 2. The Bertz CT molecular complexity index is 802. The minimum Gasteiger partial charge on any atom is -0.0766 e. The summed E-state index contributed by atoms with van der Waals surface area (Å²) in [5.41, 5.74) is 14.8. The van der Waals surface area contributed by atoms with Gasteiger partial charge in [0.25, 0.3) is 0 Å². The van der Waals surface area contributed by atoms with E-state index in [4.69, 9.17) is 0 Å². The molecule has 0 saturated carbocycles. The summed E-state index contributed by atoms with van der Waals surface area (Å²) in [6.07, 6.45) is 8.06. The lowest BCUT2D eigenvalue weighted by Crippen LogP contribution is -1.88. The molecule has 0 heterocycles. The van der Waals surface area contributed by atoms with Gasteiger partial charge in [-0.2, -0.15) is 0 Å². The largest absolute Gasteiger partial charge is 0.0766 e. The lowest BCUT2D eigenvalue weighted by Gasteiger charge is -2.09. The normalized spacial score (nSPS) is 17.0. The minimum atomic E-state index is 1.11. The number of rotatable bonds is 0. The first-order valence-corrected chi connectivity index (χ1v) is 7.87. The lowest BCUT2D eigenvalue weighted by molar-refractivity contribution is 1.20. The Labute approximate surface area is 125 Å². The molecule has 0 atom stereocenters. The van der Waals surface area contributed by atoms with E-state index in [0.717, 1.165) is 19.3 Å². The molecule has 3 aliphatic rings. The van der Waals surface area contributed by atoms with Gasteiger partial charge in [-0.25, -0.2) is 0 Å². The van der Waals surface area contributed by atoms with Crippen LogP contribution in [0.5, 0.6) is 0 Å². The van der Waals surface area contributed by atoms with E-state index in [0.29, 0.717) is 0 Å². The van der Waals surface area contributed by atoms with Crippen LogP contribution in [0.3, 0.4) is 0 Å². The molecule has 0 saturated heterocycles. The maximum atomic E-state index is 2.45. The van der Waals surface area contributed by atoms with Gasteiger partial charge in [0.1, 0.15) is 0 Å². The van der Waals surface area contributed by atoms with Gasteiger partial charge in [-0.05, 0) is 101 Å². The molecule has 0 bridgehead atoms. The average molecular weight is 270 g/mol. The minimum absolute atomic E-state index is 1.11. The molecule has 0 fully saturated rings. The van der Waals surface area contributed by atoms with E-state index in [2.05, 4.69) is 50.3 Å². The Morgan fingerprint density at radius 3 is 1.52 bits per heavy atom. The third-order valence-electron chi connectivity index (χ3n) is 5.44. The molecule has 0 nitrogen and oxygen atoms in total. The van der Waals surface area contributed by atoms with Crippen LogP contribution in [0.25, 0.3) is 22.3 Å². The highest BCUT2D eigenvalue weighted by atomic mass is 14.3. The van der Waals surface area contributed by atoms with Crippen LogP contribution >= 0.6 is 0 Å². The molecule has 0 aliphatic heterocycles. The van der Waals surface area contributed by atoms with Gasteiger partial charge in [0.05, 0.1) is 0 Å². The van der Waals surface area contributed by atoms with Crippen molar-refractivity contribution in [2.24, 2.45) is 0 Å². The topological polar surface area (TPSA) is 0 Å². The van der Waals surface area contributed by atoms with E-state index in [1.54, 1.807) is 0 Å². The van der Waals surface area contributed by atoms with Crippen molar-refractivity contribution >= 4 is 11.1 Å². The molecule has 0 N–H and O–H groups in total. The van der Waals surface area contributed by atoms with Crippen LogP contribution in [0.1, 0.15) is 47.2 Å². The summed E-state index contributed by atoms with van der Waals surface area (Å²) < 4.78 is 0. The smallest absolute Gasteiger partial charge is 0.00132 e. The van der Waals surface area contributed by atoms with Crippen LogP contribution in [0.2, 0.25) is 0 Å². The fourth-order valence-corrected chi connectivity index (χ4v) is 4.21. The number of hydrogen-bond donors (Lipinski definition) is 0. The van der Waals surface area contributed by atoms with Gasteiger partial charge < -0.3 is 0 Å². The monoisotopic (exact) mass is 270 g/mol. The van der Waals surface area contributed by atoms with Crippen LogP contribution in [0.4, 0.5) is 0 Å². The first-order valence-electron chi connectivity index (χ1n) is 7.87. The van der Waals surface area contributed by atoms with Crippen molar-refractivity contribution in [3.05, 3.63) is 69.8 Å². The van der Waals surface area contributed by atoms with Crippen molar-refractivity contribution in [1.82, 2.24) is 0 Å². The summed E-state index contributed by atoms with van der Waals surface area (Å²) in [6.45, 7) is 4.48. The van der Waals surface area contributed by atoms with Gasteiger partial charge in [0, 0.05) is 0 Å². The number of allylic oxidation sites excluding steroid dienone is 4. The zero-order valence-electron chi connectivity index (χ0n) is 12.6. The molecule has 0 radical (unpaired) electrons. The second-order valence-electron chi connectivity index (χ2n) is 6.69. The van der Waals surface area contributed by atoms with E-state index in [1.165, 1.54) is 55.7 Å². The molecule has 5 rings (SSSR count). The van der Waals surface area contributed by atoms with Crippen molar-refractivity contribution in [3.8, 4) is 11.1 Å². The van der Waals surface area contributed by atoms with Crippen molar-refractivity contribution in [3.63, 3.8) is 0 Å². The van der Waals surface area contributed by atoms with Gasteiger partial charge in [-0.3, -0.25) is 0 Å². The highest BCUT2D eigenvalue weighted by Crippen LogP contribution is 2.44. The third kappa shape index (κ3) is 1.45. The van der Waals surface area contributed by atoms with E-state index in [1.807, 2.05) is 0 Å². The molecule has 21 heavy (non-hydrogen) atoms. The van der Waals surface area contributed by atoms with Crippen molar-refractivity contribution in [1.29, 1.82) is 0 Å². The Morgan fingerprint density at radius 2 is 1.05 bits per heavy atom. The maximum Gasteiger partial charge on any atom is -0.00132 e. The van der Waals surface area contributed by atoms with Crippen LogP contribution < -0.4 is 0 Å². The van der Waals surface area contributed by atoms with Gasteiger partial charge >= 0.3 is 0 Å². The fourth-order valence-electron chi connectivity index (χ4n) is 4.21. The molecular formula is C21H18. The van der Waals surface area contributed by atoms with Crippen LogP contribution in [0, 0.1) is 0 Å². The summed E-state index contributed by atoms with van der Waals surface area (Å²) in [7, 11) is 0. The summed E-state index contributed by atoms with van der Waals surface area (Å²) in [6, 6.07) is 9.78. The van der Waals surface area contributed by atoms with Crippen LogP contribution in [0.15, 0.2) is 36.4 Å². The summed E-state index contributed by atoms with van der Waals surface area (Å²) in [5.74, 6) is 0. The van der Waals surface area contributed by atoms with Crippen molar-refractivity contribution in [2.75, 3.05) is 0 Å². The van der Waals surface area contributed by atoms with Gasteiger partial charge in [0.2, 0.25) is 0 Å². The van der Waals surface area contributed by atoms with Crippen molar-refractivity contribution < 1.29 is 0 Å². The molecule has 0 aromatic heterocycles. The molecular weight excluding hydrogens is 252 g/mol. The Morgan fingerprint density at radius 1 is 0.571 bits per heavy atom. The second kappa shape index (κ2) is 3.76. The standard InChI is InChI=1S/C21H18/c1-12-3-5-14-7-16-9-17-8-15-6-4-13(2)19(15)11-21(17)20(16)10-18(12)14/h3-4,7-8,10-11H,5-6,9H2,1-2H3. The summed E-state index contributed by atoms with van der Waals surface area (Å²) >= 11 is 0. The fraction of sp³-hybridized carbons (Fsp3) is 0.238. The summed E-state index contributed by atoms with van der Waals surface area (Å²) in [5, 5.41) is 0.